The molecule has 0 heterocycles. The molecule has 0 saturated heterocycles. The van der Waals surface area contributed by atoms with Crippen LogP contribution in [0.1, 0.15) is 41.9 Å². The van der Waals surface area contributed by atoms with E-state index < -0.39 is 0 Å². The Kier molecular flexibility index (Phi) is 3.39. The van der Waals surface area contributed by atoms with Crippen molar-refractivity contribution in [1.29, 1.82) is 0 Å². The van der Waals surface area contributed by atoms with Crippen LogP contribution in [0.2, 0.25) is 0 Å². The second kappa shape index (κ2) is 5.18. The Hall–Kier alpha value is -1.60. The van der Waals surface area contributed by atoms with E-state index in [-0.39, 0.29) is 0 Å². The number of hydrogen-bond donors (Lipinski definition) is 1. The minimum absolute atomic E-state index is 0.610. The van der Waals surface area contributed by atoms with Crippen molar-refractivity contribution < 1.29 is 0 Å². The number of rotatable bonds is 3. The standard InChI is InChI=1S/C18H21N/c1-13-9-10-14(12-19)11-18(13)17-8-3-2-7-16(17)15-5-4-6-15/h2-3,7-11,15H,4-6,12,19H2,1H3. The van der Waals surface area contributed by atoms with E-state index in [1.165, 1.54) is 47.1 Å². The Morgan fingerprint density at radius 2 is 1.84 bits per heavy atom. The topological polar surface area (TPSA) is 26.0 Å². The average Bonchev–Trinajstić information content (AvgIpc) is 2.38. The fourth-order valence-corrected chi connectivity index (χ4v) is 2.90. The summed E-state index contributed by atoms with van der Waals surface area (Å²) in [6.45, 7) is 2.80. The summed E-state index contributed by atoms with van der Waals surface area (Å²) < 4.78 is 0. The second-order valence-corrected chi connectivity index (χ2v) is 5.57. The van der Waals surface area contributed by atoms with Gasteiger partial charge in [0.2, 0.25) is 0 Å². The molecule has 1 fully saturated rings. The van der Waals surface area contributed by atoms with Crippen molar-refractivity contribution in [2.45, 2.75) is 38.6 Å². The Morgan fingerprint density at radius 3 is 2.53 bits per heavy atom. The van der Waals surface area contributed by atoms with Crippen LogP contribution in [-0.4, -0.2) is 0 Å². The van der Waals surface area contributed by atoms with Crippen molar-refractivity contribution in [2.24, 2.45) is 5.73 Å². The first-order valence-electron chi connectivity index (χ1n) is 7.18. The predicted octanol–water partition coefficient (Wildman–Crippen LogP) is 4.39. The van der Waals surface area contributed by atoms with E-state index >= 15 is 0 Å². The normalized spacial score (nSPS) is 15.3. The lowest BCUT2D eigenvalue weighted by molar-refractivity contribution is 0.420. The Morgan fingerprint density at radius 1 is 1.05 bits per heavy atom. The first-order valence-corrected chi connectivity index (χ1v) is 7.18. The van der Waals surface area contributed by atoms with E-state index in [0.717, 1.165) is 5.92 Å². The number of benzene rings is 2. The summed E-state index contributed by atoms with van der Waals surface area (Å²) >= 11 is 0. The van der Waals surface area contributed by atoms with Crippen LogP contribution in [-0.2, 0) is 6.54 Å². The van der Waals surface area contributed by atoms with Gasteiger partial charge >= 0.3 is 0 Å². The minimum atomic E-state index is 0.610. The van der Waals surface area contributed by atoms with Crippen LogP contribution in [0, 0.1) is 6.92 Å². The molecule has 0 aromatic heterocycles. The van der Waals surface area contributed by atoms with Crippen molar-refractivity contribution >= 4 is 0 Å². The van der Waals surface area contributed by atoms with Gasteiger partial charge in [-0.2, -0.15) is 0 Å². The maximum absolute atomic E-state index is 5.78. The number of aryl methyl sites for hydroxylation is 1. The number of nitrogens with two attached hydrogens (primary N) is 1. The van der Waals surface area contributed by atoms with Crippen LogP contribution in [0.4, 0.5) is 0 Å². The lowest BCUT2D eigenvalue weighted by Gasteiger charge is -2.28. The van der Waals surface area contributed by atoms with Crippen molar-refractivity contribution in [3.8, 4) is 11.1 Å². The zero-order valence-corrected chi connectivity index (χ0v) is 11.5. The molecule has 0 bridgehead atoms. The van der Waals surface area contributed by atoms with Gasteiger partial charge in [0, 0.05) is 6.54 Å². The van der Waals surface area contributed by atoms with Gasteiger partial charge in [0.05, 0.1) is 0 Å². The van der Waals surface area contributed by atoms with E-state index in [9.17, 15) is 0 Å². The van der Waals surface area contributed by atoms with Crippen LogP contribution in [0.15, 0.2) is 42.5 Å². The van der Waals surface area contributed by atoms with E-state index in [1.54, 1.807) is 0 Å². The highest BCUT2D eigenvalue weighted by Crippen LogP contribution is 2.41. The Bertz CT molecular complexity index is 582. The molecule has 0 unspecified atom stereocenters. The molecule has 98 valence electrons. The highest BCUT2D eigenvalue weighted by atomic mass is 14.5. The second-order valence-electron chi connectivity index (χ2n) is 5.57. The van der Waals surface area contributed by atoms with Gasteiger partial charge in [0.25, 0.3) is 0 Å². The maximum atomic E-state index is 5.78. The third-order valence-electron chi connectivity index (χ3n) is 4.33. The van der Waals surface area contributed by atoms with Gasteiger partial charge in [-0.25, -0.2) is 0 Å². The fourth-order valence-electron chi connectivity index (χ4n) is 2.90. The molecular weight excluding hydrogens is 230 g/mol. The highest BCUT2D eigenvalue weighted by molar-refractivity contribution is 5.72. The third kappa shape index (κ3) is 2.31. The minimum Gasteiger partial charge on any atom is -0.326 e. The van der Waals surface area contributed by atoms with E-state index in [4.69, 9.17) is 5.73 Å². The molecule has 2 N–H and O–H groups in total. The van der Waals surface area contributed by atoms with Gasteiger partial charge in [0.1, 0.15) is 0 Å². The summed E-state index contributed by atoms with van der Waals surface area (Å²) in [5.41, 5.74) is 12.6. The monoisotopic (exact) mass is 251 g/mol. The van der Waals surface area contributed by atoms with Gasteiger partial charge in [-0.15, -0.1) is 0 Å². The van der Waals surface area contributed by atoms with Crippen molar-refractivity contribution in [2.75, 3.05) is 0 Å². The molecule has 0 atom stereocenters. The van der Waals surface area contributed by atoms with Crippen LogP contribution in [0.5, 0.6) is 0 Å². The highest BCUT2D eigenvalue weighted by Gasteiger charge is 2.22. The lowest BCUT2D eigenvalue weighted by Crippen LogP contribution is -2.10. The molecule has 1 saturated carbocycles. The summed E-state index contributed by atoms with van der Waals surface area (Å²) in [4.78, 5) is 0. The van der Waals surface area contributed by atoms with E-state index in [2.05, 4.69) is 49.4 Å². The molecule has 0 aliphatic heterocycles. The SMILES string of the molecule is Cc1ccc(CN)cc1-c1ccccc1C1CCC1. The molecule has 1 aliphatic rings. The predicted molar refractivity (Wildman–Crippen MR) is 81.1 cm³/mol. The Labute approximate surface area is 115 Å². The third-order valence-corrected chi connectivity index (χ3v) is 4.33. The summed E-state index contributed by atoms with van der Waals surface area (Å²) in [6.07, 6.45) is 4.06. The van der Waals surface area contributed by atoms with Gasteiger partial charge in [-0.1, -0.05) is 42.8 Å². The van der Waals surface area contributed by atoms with Crippen LogP contribution < -0.4 is 5.73 Å². The molecule has 3 rings (SSSR count). The first-order chi connectivity index (χ1) is 9.29. The van der Waals surface area contributed by atoms with Crippen LogP contribution >= 0.6 is 0 Å². The van der Waals surface area contributed by atoms with Gasteiger partial charge in [-0.3, -0.25) is 0 Å². The molecule has 2 aromatic rings. The summed E-state index contributed by atoms with van der Waals surface area (Å²) in [7, 11) is 0. The van der Waals surface area contributed by atoms with Gasteiger partial charge in [-0.05, 0) is 59.6 Å². The molecule has 1 aliphatic carbocycles. The van der Waals surface area contributed by atoms with Crippen molar-refractivity contribution in [3.63, 3.8) is 0 Å². The largest absolute Gasteiger partial charge is 0.326 e. The molecule has 0 radical (unpaired) electrons. The zero-order valence-electron chi connectivity index (χ0n) is 11.5. The smallest absolute Gasteiger partial charge is 0.0178 e. The van der Waals surface area contributed by atoms with Crippen molar-refractivity contribution in [1.82, 2.24) is 0 Å². The van der Waals surface area contributed by atoms with Gasteiger partial charge in [0.15, 0.2) is 0 Å². The van der Waals surface area contributed by atoms with E-state index in [0.29, 0.717) is 6.54 Å². The summed E-state index contributed by atoms with van der Waals surface area (Å²) in [5.74, 6) is 0.761. The first kappa shape index (κ1) is 12.4. The quantitative estimate of drug-likeness (QED) is 0.860. The van der Waals surface area contributed by atoms with Crippen molar-refractivity contribution in [3.05, 3.63) is 59.2 Å². The molecular formula is C18H21N. The number of hydrogen-bond acceptors (Lipinski definition) is 1. The summed E-state index contributed by atoms with van der Waals surface area (Å²) in [5, 5.41) is 0. The molecule has 1 heteroatoms. The van der Waals surface area contributed by atoms with Crippen LogP contribution in [0.3, 0.4) is 0 Å². The van der Waals surface area contributed by atoms with Gasteiger partial charge < -0.3 is 5.73 Å². The molecule has 1 nitrogen and oxygen atoms in total. The van der Waals surface area contributed by atoms with Crippen LogP contribution in [0.25, 0.3) is 11.1 Å². The summed E-state index contributed by atoms with van der Waals surface area (Å²) in [6, 6.07) is 15.4. The maximum Gasteiger partial charge on any atom is 0.0178 e. The molecule has 0 spiro atoms. The lowest BCUT2D eigenvalue weighted by atomic mass is 9.77. The Balaban J connectivity index is 2.10. The zero-order chi connectivity index (χ0) is 13.2. The fraction of sp³-hybridized carbons (Fsp3) is 0.333. The molecule has 2 aromatic carbocycles. The molecule has 19 heavy (non-hydrogen) atoms. The average molecular weight is 251 g/mol. The molecule has 0 amide bonds. The van der Waals surface area contributed by atoms with E-state index in [1.807, 2.05) is 0 Å².